The lowest BCUT2D eigenvalue weighted by atomic mass is 9.93. The van der Waals surface area contributed by atoms with Crippen molar-refractivity contribution in [1.29, 1.82) is 0 Å². The number of hydrogen-bond donors (Lipinski definition) is 0. The van der Waals surface area contributed by atoms with E-state index in [0.29, 0.717) is 0 Å². The van der Waals surface area contributed by atoms with Crippen LogP contribution < -0.4 is 4.90 Å². The van der Waals surface area contributed by atoms with Crippen LogP contribution in [0.4, 0.5) is 17.1 Å². The Morgan fingerprint density at radius 1 is 0.266 bits per heavy atom. The minimum Gasteiger partial charge on any atom is -0.310 e. The van der Waals surface area contributed by atoms with E-state index in [4.69, 9.17) is 0 Å². The quantitative estimate of drug-likeness (QED) is 0.139. The van der Waals surface area contributed by atoms with Crippen LogP contribution >= 0.6 is 0 Å². The van der Waals surface area contributed by atoms with Gasteiger partial charge < -0.3 is 9.47 Å². The smallest absolute Gasteiger partial charge is 0.0547 e. The average Bonchev–Trinajstić information content (AvgIpc) is 3.72. The molecule has 300 valence electrons. The third kappa shape index (κ3) is 6.52. The standard InChI is InChI=1S/C62H42N2/c1-4-18-43(19-5-1)48-38-49(44-20-6-2-7-21-44)41-53(40-48)63(51-36-34-45(35-37-51)59-42-47-22-10-11-27-54(47)56-28-12-13-29-57(56)59)52-26-16-23-46(39-52)55-31-17-33-61-62(55)58-30-14-15-32-60(58)64(61)50-24-8-3-9-25-50/h1-42H. The fraction of sp³-hybridized carbons (Fsp3) is 0. The molecule has 0 aliphatic rings. The maximum Gasteiger partial charge on any atom is 0.0547 e. The van der Waals surface area contributed by atoms with E-state index in [9.17, 15) is 0 Å². The van der Waals surface area contributed by atoms with Gasteiger partial charge >= 0.3 is 0 Å². The Kier molecular flexibility index (Phi) is 9.20. The Labute approximate surface area is 373 Å². The topological polar surface area (TPSA) is 8.17 Å². The van der Waals surface area contributed by atoms with Crippen LogP contribution in [-0.2, 0) is 0 Å². The Hall–Kier alpha value is -8.46. The van der Waals surface area contributed by atoms with Gasteiger partial charge in [-0.15, -0.1) is 0 Å². The second-order valence-electron chi connectivity index (χ2n) is 16.5. The summed E-state index contributed by atoms with van der Waals surface area (Å²) in [6, 6.07) is 92.8. The second kappa shape index (κ2) is 15.8. The van der Waals surface area contributed by atoms with E-state index in [1.54, 1.807) is 0 Å². The van der Waals surface area contributed by atoms with E-state index in [0.717, 1.165) is 39.4 Å². The van der Waals surface area contributed by atoms with Crippen molar-refractivity contribution < 1.29 is 0 Å². The van der Waals surface area contributed by atoms with Crippen molar-refractivity contribution in [2.45, 2.75) is 0 Å². The molecule has 0 radical (unpaired) electrons. The number of hydrogen-bond acceptors (Lipinski definition) is 1. The zero-order valence-electron chi connectivity index (χ0n) is 35.1. The Balaban J connectivity index is 1.06. The lowest BCUT2D eigenvalue weighted by Gasteiger charge is -2.28. The molecule has 1 heterocycles. The molecule has 0 aliphatic heterocycles. The van der Waals surface area contributed by atoms with E-state index in [-0.39, 0.29) is 0 Å². The predicted octanol–water partition coefficient (Wildman–Crippen LogP) is 17.2. The summed E-state index contributed by atoms with van der Waals surface area (Å²) in [6.45, 7) is 0. The van der Waals surface area contributed by atoms with Crippen molar-refractivity contribution in [2.75, 3.05) is 4.90 Å². The number of para-hydroxylation sites is 2. The van der Waals surface area contributed by atoms with Gasteiger partial charge in [-0.25, -0.2) is 0 Å². The molecule has 1 aromatic heterocycles. The fourth-order valence-corrected chi connectivity index (χ4v) is 9.79. The Morgan fingerprint density at radius 3 is 1.53 bits per heavy atom. The Morgan fingerprint density at radius 2 is 0.812 bits per heavy atom. The van der Waals surface area contributed by atoms with Crippen LogP contribution in [0, 0.1) is 0 Å². The number of rotatable bonds is 8. The summed E-state index contributed by atoms with van der Waals surface area (Å²) in [5.74, 6) is 0. The van der Waals surface area contributed by atoms with E-state index < -0.39 is 0 Å². The van der Waals surface area contributed by atoms with Gasteiger partial charge in [0.05, 0.1) is 11.0 Å². The number of benzene rings is 11. The molecule has 0 aliphatic carbocycles. The van der Waals surface area contributed by atoms with Crippen molar-refractivity contribution in [3.05, 3.63) is 255 Å². The minimum atomic E-state index is 1.08. The van der Waals surface area contributed by atoms with Gasteiger partial charge in [-0.3, -0.25) is 0 Å². The van der Waals surface area contributed by atoms with E-state index in [1.807, 2.05) is 0 Å². The molecule has 2 nitrogen and oxygen atoms in total. The molecule has 0 atom stereocenters. The molecule has 0 saturated heterocycles. The molecule has 0 unspecified atom stereocenters. The van der Waals surface area contributed by atoms with Crippen LogP contribution in [0.25, 0.3) is 93.5 Å². The van der Waals surface area contributed by atoms with Gasteiger partial charge in [-0.2, -0.15) is 0 Å². The summed E-state index contributed by atoms with van der Waals surface area (Å²) in [4.78, 5) is 2.43. The number of anilines is 3. The predicted molar refractivity (Wildman–Crippen MR) is 272 cm³/mol. The molecular weight excluding hydrogens is 773 g/mol. The summed E-state index contributed by atoms with van der Waals surface area (Å²) in [6.07, 6.45) is 0. The molecule has 0 fully saturated rings. The van der Waals surface area contributed by atoms with E-state index >= 15 is 0 Å². The molecule has 0 spiro atoms. The third-order valence-electron chi connectivity index (χ3n) is 12.7. The number of nitrogens with zero attached hydrogens (tertiary/aromatic N) is 2. The zero-order valence-corrected chi connectivity index (χ0v) is 35.1. The molecule has 0 amide bonds. The van der Waals surface area contributed by atoms with Crippen molar-refractivity contribution in [3.8, 4) is 50.2 Å². The van der Waals surface area contributed by atoms with Crippen LogP contribution in [0.1, 0.15) is 0 Å². The van der Waals surface area contributed by atoms with Crippen LogP contribution in [0.3, 0.4) is 0 Å². The first-order valence-corrected chi connectivity index (χ1v) is 22.0. The molecule has 0 saturated carbocycles. The molecule has 0 bridgehead atoms. The minimum absolute atomic E-state index is 1.08. The first-order chi connectivity index (χ1) is 31.7. The summed E-state index contributed by atoms with van der Waals surface area (Å²) >= 11 is 0. The SMILES string of the molecule is c1ccc(-c2cc(-c3ccccc3)cc(N(c3ccc(-c4cc5ccccc5c5ccccc45)cc3)c3cccc(-c4cccc5c4c4ccccc4n5-c4ccccc4)c3)c2)cc1. The van der Waals surface area contributed by atoms with Crippen molar-refractivity contribution in [1.82, 2.24) is 4.57 Å². The van der Waals surface area contributed by atoms with Crippen LogP contribution in [0.2, 0.25) is 0 Å². The van der Waals surface area contributed by atoms with Gasteiger partial charge in [0.1, 0.15) is 0 Å². The maximum atomic E-state index is 2.43. The highest BCUT2D eigenvalue weighted by atomic mass is 15.1. The second-order valence-corrected chi connectivity index (χ2v) is 16.5. The highest BCUT2D eigenvalue weighted by Gasteiger charge is 2.20. The Bertz CT molecular complexity index is 3590. The molecule has 12 rings (SSSR count). The summed E-state index contributed by atoms with van der Waals surface area (Å²) in [5, 5.41) is 7.52. The highest BCUT2D eigenvalue weighted by molar-refractivity contribution is 6.16. The molecule has 2 heteroatoms. The summed E-state index contributed by atoms with van der Waals surface area (Å²) in [7, 11) is 0. The highest BCUT2D eigenvalue weighted by Crippen LogP contribution is 2.44. The van der Waals surface area contributed by atoms with Crippen molar-refractivity contribution in [2.24, 2.45) is 0 Å². The van der Waals surface area contributed by atoms with Gasteiger partial charge in [-0.05, 0) is 139 Å². The molecule has 12 aromatic rings. The fourth-order valence-electron chi connectivity index (χ4n) is 9.79. The van der Waals surface area contributed by atoms with Crippen molar-refractivity contribution >= 4 is 60.4 Å². The number of aromatic nitrogens is 1. The van der Waals surface area contributed by atoms with Crippen molar-refractivity contribution in [3.63, 3.8) is 0 Å². The summed E-state index contributed by atoms with van der Waals surface area (Å²) in [5.41, 5.74) is 16.2. The van der Waals surface area contributed by atoms with Gasteiger partial charge in [0.2, 0.25) is 0 Å². The average molecular weight is 815 g/mol. The molecule has 11 aromatic carbocycles. The first-order valence-electron chi connectivity index (χ1n) is 22.0. The van der Waals surface area contributed by atoms with Gasteiger partial charge in [0, 0.05) is 33.5 Å². The van der Waals surface area contributed by atoms with Gasteiger partial charge in [0.25, 0.3) is 0 Å². The normalized spacial score (nSPS) is 11.4. The van der Waals surface area contributed by atoms with E-state index in [1.165, 1.54) is 71.2 Å². The lowest BCUT2D eigenvalue weighted by molar-refractivity contribution is 1.18. The number of fused-ring (bicyclic) bond motifs is 6. The molecule has 64 heavy (non-hydrogen) atoms. The van der Waals surface area contributed by atoms with Crippen LogP contribution in [0.15, 0.2) is 255 Å². The first kappa shape index (κ1) is 37.3. The zero-order chi connectivity index (χ0) is 42.4. The summed E-state index contributed by atoms with van der Waals surface area (Å²) < 4.78 is 2.39. The van der Waals surface area contributed by atoms with Gasteiger partial charge in [-0.1, -0.05) is 182 Å². The third-order valence-corrected chi connectivity index (χ3v) is 12.7. The molecule has 0 N–H and O–H groups in total. The lowest BCUT2D eigenvalue weighted by Crippen LogP contribution is -2.10. The van der Waals surface area contributed by atoms with Gasteiger partial charge in [0.15, 0.2) is 0 Å². The molecular formula is C62H42N2. The van der Waals surface area contributed by atoms with Crippen LogP contribution in [0.5, 0.6) is 0 Å². The van der Waals surface area contributed by atoms with Crippen LogP contribution in [-0.4, -0.2) is 4.57 Å². The monoisotopic (exact) mass is 814 g/mol. The van der Waals surface area contributed by atoms with E-state index in [2.05, 4.69) is 264 Å². The maximum absolute atomic E-state index is 2.43. The largest absolute Gasteiger partial charge is 0.310 e.